The van der Waals surface area contributed by atoms with Gasteiger partial charge in [-0.2, -0.15) is 0 Å². The molecule has 3 N–H and O–H groups in total. The molecule has 2 aromatic carbocycles. The summed E-state index contributed by atoms with van der Waals surface area (Å²) in [5, 5.41) is 14.0. The lowest BCUT2D eigenvalue weighted by Crippen LogP contribution is -2.21. The predicted molar refractivity (Wildman–Crippen MR) is 87.3 cm³/mol. The van der Waals surface area contributed by atoms with E-state index >= 15 is 0 Å². The number of amides is 1. The number of benzene rings is 2. The van der Waals surface area contributed by atoms with Crippen molar-refractivity contribution < 1.29 is 28.2 Å². The standard InChI is InChI=1S/C17H16F2N2O4/c18-13-6-5-11(9-14(13)19)21-16(23)10-25-17(24)12-3-1-2-4-15(12)20-7-8-22/h1-6,9,20,22H,7-8,10H2,(H,21,23). The molecule has 0 aliphatic carbocycles. The molecule has 0 unspecified atom stereocenters. The maximum Gasteiger partial charge on any atom is 0.340 e. The highest BCUT2D eigenvalue weighted by molar-refractivity contribution is 5.98. The van der Waals surface area contributed by atoms with Gasteiger partial charge < -0.3 is 20.5 Å². The average Bonchev–Trinajstić information content (AvgIpc) is 2.61. The van der Waals surface area contributed by atoms with Crippen LogP contribution in [0, 0.1) is 11.6 Å². The van der Waals surface area contributed by atoms with Gasteiger partial charge >= 0.3 is 5.97 Å². The van der Waals surface area contributed by atoms with Gasteiger partial charge in [0.1, 0.15) is 0 Å². The molecule has 0 aliphatic heterocycles. The van der Waals surface area contributed by atoms with Gasteiger partial charge in [0.2, 0.25) is 0 Å². The number of esters is 1. The van der Waals surface area contributed by atoms with Crippen molar-refractivity contribution in [1.29, 1.82) is 0 Å². The molecular weight excluding hydrogens is 334 g/mol. The van der Waals surface area contributed by atoms with Gasteiger partial charge in [-0.1, -0.05) is 12.1 Å². The summed E-state index contributed by atoms with van der Waals surface area (Å²) in [4.78, 5) is 23.8. The minimum atomic E-state index is -1.10. The van der Waals surface area contributed by atoms with Crippen LogP contribution in [0.1, 0.15) is 10.4 Å². The van der Waals surface area contributed by atoms with Gasteiger partial charge in [0.05, 0.1) is 12.2 Å². The maximum absolute atomic E-state index is 13.1. The highest BCUT2D eigenvalue weighted by Gasteiger charge is 2.14. The van der Waals surface area contributed by atoms with E-state index in [-0.39, 0.29) is 24.4 Å². The van der Waals surface area contributed by atoms with Crippen LogP contribution in [0.25, 0.3) is 0 Å². The quantitative estimate of drug-likeness (QED) is 0.666. The molecule has 132 valence electrons. The lowest BCUT2D eigenvalue weighted by Gasteiger charge is -2.11. The lowest BCUT2D eigenvalue weighted by atomic mass is 10.2. The molecule has 0 radical (unpaired) electrons. The highest BCUT2D eigenvalue weighted by atomic mass is 19.2. The fraction of sp³-hybridized carbons (Fsp3) is 0.176. The zero-order chi connectivity index (χ0) is 18.2. The van der Waals surface area contributed by atoms with Gasteiger partial charge in [-0.3, -0.25) is 4.79 Å². The van der Waals surface area contributed by atoms with Crippen molar-refractivity contribution in [3.8, 4) is 0 Å². The van der Waals surface area contributed by atoms with Crippen molar-refractivity contribution in [2.24, 2.45) is 0 Å². The Morgan fingerprint density at radius 1 is 1.08 bits per heavy atom. The summed E-state index contributed by atoms with van der Waals surface area (Å²) < 4.78 is 30.8. The molecule has 0 aromatic heterocycles. The molecule has 2 aromatic rings. The van der Waals surface area contributed by atoms with Crippen LogP contribution in [0.5, 0.6) is 0 Å². The number of ether oxygens (including phenoxy) is 1. The van der Waals surface area contributed by atoms with Gasteiger partial charge in [-0.05, 0) is 24.3 Å². The Morgan fingerprint density at radius 2 is 1.84 bits per heavy atom. The molecule has 6 nitrogen and oxygen atoms in total. The van der Waals surface area contributed by atoms with Crippen LogP contribution >= 0.6 is 0 Å². The van der Waals surface area contributed by atoms with Crippen molar-refractivity contribution in [3.63, 3.8) is 0 Å². The number of carbonyl (C=O) groups is 2. The smallest absolute Gasteiger partial charge is 0.340 e. The molecule has 0 atom stereocenters. The Bertz CT molecular complexity index is 768. The third-order valence-corrected chi connectivity index (χ3v) is 3.11. The summed E-state index contributed by atoms with van der Waals surface area (Å²) in [7, 11) is 0. The van der Waals surface area contributed by atoms with E-state index < -0.39 is 30.1 Å². The van der Waals surface area contributed by atoms with Crippen molar-refractivity contribution in [2.75, 3.05) is 30.4 Å². The monoisotopic (exact) mass is 350 g/mol. The Kier molecular flexibility index (Phi) is 6.41. The van der Waals surface area contributed by atoms with E-state index in [0.29, 0.717) is 5.69 Å². The molecule has 25 heavy (non-hydrogen) atoms. The molecule has 0 saturated heterocycles. The van der Waals surface area contributed by atoms with Gasteiger partial charge in [-0.25, -0.2) is 13.6 Å². The third-order valence-electron chi connectivity index (χ3n) is 3.11. The number of carbonyl (C=O) groups excluding carboxylic acids is 2. The second kappa shape index (κ2) is 8.74. The number of para-hydroxylation sites is 1. The van der Waals surface area contributed by atoms with Crippen LogP contribution in [0.4, 0.5) is 20.2 Å². The first kappa shape index (κ1) is 18.3. The van der Waals surface area contributed by atoms with E-state index in [1.807, 2.05) is 0 Å². The van der Waals surface area contributed by atoms with E-state index in [4.69, 9.17) is 9.84 Å². The number of rotatable bonds is 7. The molecule has 2 rings (SSSR count). The van der Waals surface area contributed by atoms with Crippen molar-refractivity contribution in [2.45, 2.75) is 0 Å². The van der Waals surface area contributed by atoms with Crippen molar-refractivity contribution in [1.82, 2.24) is 0 Å². The van der Waals surface area contributed by atoms with E-state index in [1.165, 1.54) is 12.1 Å². The van der Waals surface area contributed by atoms with Crippen LogP contribution in [0.3, 0.4) is 0 Å². The van der Waals surface area contributed by atoms with Gasteiger partial charge in [-0.15, -0.1) is 0 Å². The van der Waals surface area contributed by atoms with E-state index in [0.717, 1.165) is 12.1 Å². The zero-order valence-corrected chi connectivity index (χ0v) is 13.1. The van der Waals surface area contributed by atoms with E-state index in [1.54, 1.807) is 18.2 Å². The fourth-order valence-electron chi connectivity index (χ4n) is 1.99. The average molecular weight is 350 g/mol. The molecule has 0 spiro atoms. The van der Waals surface area contributed by atoms with Crippen LogP contribution in [0.15, 0.2) is 42.5 Å². The summed E-state index contributed by atoms with van der Waals surface area (Å²) >= 11 is 0. The van der Waals surface area contributed by atoms with Crippen LogP contribution in [0.2, 0.25) is 0 Å². The molecular formula is C17H16F2N2O4. The highest BCUT2D eigenvalue weighted by Crippen LogP contribution is 2.16. The largest absolute Gasteiger partial charge is 0.452 e. The summed E-state index contributed by atoms with van der Waals surface area (Å²) in [6.07, 6.45) is 0. The number of aliphatic hydroxyl groups is 1. The topological polar surface area (TPSA) is 87.7 Å². The third kappa shape index (κ3) is 5.25. The Morgan fingerprint density at radius 3 is 2.56 bits per heavy atom. The van der Waals surface area contributed by atoms with Gasteiger partial charge in [0.15, 0.2) is 18.2 Å². The summed E-state index contributed by atoms with van der Waals surface area (Å²) in [5.74, 6) is -3.56. The first-order valence-electron chi connectivity index (χ1n) is 7.37. The van der Waals surface area contributed by atoms with Crippen molar-refractivity contribution in [3.05, 3.63) is 59.7 Å². The zero-order valence-electron chi connectivity index (χ0n) is 13.1. The number of nitrogens with one attached hydrogen (secondary N) is 2. The van der Waals surface area contributed by atoms with E-state index in [2.05, 4.69) is 10.6 Å². The Balaban J connectivity index is 1.93. The first-order chi connectivity index (χ1) is 12.0. The van der Waals surface area contributed by atoms with E-state index in [9.17, 15) is 18.4 Å². The SMILES string of the molecule is O=C(COC(=O)c1ccccc1NCCO)Nc1ccc(F)c(F)c1. The van der Waals surface area contributed by atoms with Crippen LogP contribution < -0.4 is 10.6 Å². The summed E-state index contributed by atoms with van der Waals surface area (Å²) in [6.45, 7) is -0.451. The molecule has 0 fully saturated rings. The van der Waals surface area contributed by atoms with Gasteiger partial charge in [0, 0.05) is 24.0 Å². The van der Waals surface area contributed by atoms with Crippen LogP contribution in [-0.2, 0) is 9.53 Å². The first-order valence-corrected chi connectivity index (χ1v) is 7.37. The number of hydrogen-bond acceptors (Lipinski definition) is 5. The fourth-order valence-corrected chi connectivity index (χ4v) is 1.99. The lowest BCUT2D eigenvalue weighted by molar-refractivity contribution is -0.119. The second-order valence-electron chi connectivity index (χ2n) is 4.95. The molecule has 0 saturated carbocycles. The molecule has 1 amide bonds. The molecule has 0 heterocycles. The predicted octanol–water partition coefficient (Wildman–Crippen LogP) is 2.16. The Labute approximate surface area is 142 Å². The van der Waals surface area contributed by atoms with Gasteiger partial charge in [0.25, 0.3) is 5.91 Å². The van der Waals surface area contributed by atoms with Crippen molar-refractivity contribution >= 4 is 23.3 Å². The normalized spacial score (nSPS) is 10.2. The summed E-state index contributed by atoms with van der Waals surface area (Å²) in [5.41, 5.74) is 0.712. The summed E-state index contributed by atoms with van der Waals surface area (Å²) in [6, 6.07) is 9.35. The number of aliphatic hydroxyl groups excluding tert-OH is 1. The molecule has 8 heteroatoms. The Hall–Kier alpha value is -3.00. The minimum Gasteiger partial charge on any atom is -0.452 e. The van der Waals surface area contributed by atoms with Crippen LogP contribution in [-0.4, -0.2) is 36.7 Å². The molecule has 0 aliphatic rings. The maximum atomic E-state index is 13.1. The number of hydrogen-bond donors (Lipinski definition) is 3. The molecule has 0 bridgehead atoms. The minimum absolute atomic E-state index is 0.0463. The number of halogens is 2. The number of anilines is 2. The second-order valence-corrected chi connectivity index (χ2v) is 4.95.